The molecule has 0 aromatic heterocycles. The summed E-state index contributed by atoms with van der Waals surface area (Å²) in [6.45, 7) is 10.1. The molecule has 0 saturated carbocycles. The van der Waals surface area contributed by atoms with Gasteiger partial charge in [0.25, 0.3) is 0 Å². The van der Waals surface area contributed by atoms with E-state index < -0.39 is 11.6 Å². The zero-order valence-electron chi connectivity index (χ0n) is 15.3. The lowest BCUT2D eigenvalue weighted by Gasteiger charge is -2.35. The largest absolute Gasteiger partial charge is 0.481 e. The molecular weight excluding hydrogens is 308 g/mol. The van der Waals surface area contributed by atoms with Crippen LogP contribution in [0.5, 0.6) is 0 Å². The predicted octanol–water partition coefficient (Wildman–Crippen LogP) is 2.82. The van der Waals surface area contributed by atoms with E-state index in [1.807, 2.05) is 25.7 Å². The van der Waals surface area contributed by atoms with E-state index in [1.54, 1.807) is 0 Å². The predicted molar refractivity (Wildman–Crippen MR) is 91.9 cm³/mol. The van der Waals surface area contributed by atoms with Gasteiger partial charge in [-0.3, -0.25) is 4.79 Å². The number of rotatable bonds is 4. The molecule has 0 unspecified atom stereocenters. The van der Waals surface area contributed by atoms with Crippen molar-refractivity contribution in [2.45, 2.75) is 58.5 Å². The molecule has 24 heavy (non-hydrogen) atoms. The summed E-state index contributed by atoms with van der Waals surface area (Å²) in [5, 5.41) is 9.04. The van der Waals surface area contributed by atoms with Crippen LogP contribution in [-0.2, 0) is 9.53 Å². The molecule has 6 nitrogen and oxygen atoms in total. The first-order valence-corrected chi connectivity index (χ1v) is 9.17. The molecule has 2 saturated heterocycles. The number of amides is 1. The second-order valence-corrected chi connectivity index (χ2v) is 8.15. The maximum absolute atomic E-state index is 12.1. The molecule has 0 radical (unpaired) electrons. The number of hydrogen-bond donors (Lipinski definition) is 1. The summed E-state index contributed by atoms with van der Waals surface area (Å²) >= 11 is 0. The first kappa shape index (κ1) is 19.0. The molecular formula is C18H32N2O4. The highest BCUT2D eigenvalue weighted by atomic mass is 16.6. The molecule has 2 aliphatic rings. The highest BCUT2D eigenvalue weighted by Gasteiger charge is 2.28. The molecule has 2 fully saturated rings. The fraction of sp³-hybridized carbons (Fsp3) is 0.889. The Kier molecular flexibility index (Phi) is 6.49. The van der Waals surface area contributed by atoms with Crippen molar-refractivity contribution in [3.05, 3.63) is 0 Å². The van der Waals surface area contributed by atoms with Crippen molar-refractivity contribution in [2.24, 2.45) is 11.8 Å². The summed E-state index contributed by atoms with van der Waals surface area (Å²) in [6.07, 6.45) is 4.55. The van der Waals surface area contributed by atoms with Crippen LogP contribution < -0.4 is 0 Å². The fourth-order valence-electron chi connectivity index (χ4n) is 3.50. The van der Waals surface area contributed by atoms with Gasteiger partial charge in [-0.05, 0) is 78.4 Å². The minimum Gasteiger partial charge on any atom is -0.481 e. The van der Waals surface area contributed by atoms with E-state index in [0.717, 1.165) is 64.8 Å². The van der Waals surface area contributed by atoms with Gasteiger partial charge in [0.15, 0.2) is 0 Å². The monoisotopic (exact) mass is 340 g/mol. The number of hydrogen-bond acceptors (Lipinski definition) is 4. The van der Waals surface area contributed by atoms with Gasteiger partial charge in [0, 0.05) is 13.1 Å². The summed E-state index contributed by atoms with van der Waals surface area (Å²) in [6, 6.07) is 0. The van der Waals surface area contributed by atoms with Gasteiger partial charge in [-0.2, -0.15) is 0 Å². The van der Waals surface area contributed by atoms with Crippen molar-refractivity contribution >= 4 is 12.1 Å². The highest BCUT2D eigenvalue weighted by molar-refractivity contribution is 5.70. The van der Waals surface area contributed by atoms with Crippen molar-refractivity contribution in [3.8, 4) is 0 Å². The third kappa shape index (κ3) is 5.96. The molecule has 0 aliphatic carbocycles. The van der Waals surface area contributed by atoms with Gasteiger partial charge in [0.2, 0.25) is 0 Å². The maximum Gasteiger partial charge on any atom is 0.410 e. The Balaban J connectivity index is 1.63. The smallest absolute Gasteiger partial charge is 0.410 e. The van der Waals surface area contributed by atoms with Crippen LogP contribution in [0.25, 0.3) is 0 Å². The number of ether oxygens (including phenoxy) is 1. The van der Waals surface area contributed by atoms with E-state index in [9.17, 15) is 9.59 Å². The molecule has 2 rings (SSSR count). The van der Waals surface area contributed by atoms with Crippen LogP contribution >= 0.6 is 0 Å². The van der Waals surface area contributed by atoms with E-state index in [-0.39, 0.29) is 12.0 Å². The maximum atomic E-state index is 12.1. The number of likely N-dealkylation sites (tertiary alicyclic amines) is 2. The van der Waals surface area contributed by atoms with E-state index >= 15 is 0 Å². The number of nitrogens with zero attached hydrogens (tertiary/aromatic N) is 2. The van der Waals surface area contributed by atoms with Crippen LogP contribution in [0, 0.1) is 11.8 Å². The van der Waals surface area contributed by atoms with Crippen molar-refractivity contribution < 1.29 is 19.4 Å². The lowest BCUT2D eigenvalue weighted by Crippen LogP contribution is -2.42. The van der Waals surface area contributed by atoms with Crippen LogP contribution in [0.15, 0.2) is 0 Å². The molecule has 0 atom stereocenters. The van der Waals surface area contributed by atoms with E-state index in [1.165, 1.54) is 0 Å². The molecule has 0 spiro atoms. The molecule has 1 amide bonds. The molecule has 2 aliphatic heterocycles. The Bertz CT molecular complexity index is 431. The SMILES string of the molecule is CC(C)(C)OC(=O)N1CCC(CCN2CCC(C(=O)O)CC2)CC1. The molecule has 0 aromatic rings. The first-order valence-electron chi connectivity index (χ1n) is 9.17. The van der Waals surface area contributed by atoms with Crippen molar-refractivity contribution in [1.29, 1.82) is 0 Å². The average Bonchev–Trinajstić information content (AvgIpc) is 2.52. The van der Waals surface area contributed by atoms with Crippen molar-refractivity contribution in [2.75, 3.05) is 32.7 Å². The van der Waals surface area contributed by atoms with Crippen molar-refractivity contribution in [1.82, 2.24) is 9.80 Å². The number of piperidine rings is 2. The first-order chi connectivity index (χ1) is 11.2. The summed E-state index contributed by atoms with van der Waals surface area (Å²) in [4.78, 5) is 27.2. The Morgan fingerprint density at radius 2 is 1.62 bits per heavy atom. The Hall–Kier alpha value is -1.30. The van der Waals surface area contributed by atoms with E-state index in [2.05, 4.69) is 4.90 Å². The van der Waals surface area contributed by atoms with Crippen LogP contribution in [0.1, 0.15) is 52.9 Å². The molecule has 6 heteroatoms. The van der Waals surface area contributed by atoms with Gasteiger partial charge in [-0.1, -0.05) is 0 Å². The zero-order chi connectivity index (χ0) is 17.7. The Morgan fingerprint density at radius 3 is 2.12 bits per heavy atom. The number of aliphatic carboxylic acids is 1. The van der Waals surface area contributed by atoms with Crippen molar-refractivity contribution in [3.63, 3.8) is 0 Å². The average molecular weight is 340 g/mol. The van der Waals surface area contributed by atoms with E-state index in [0.29, 0.717) is 5.92 Å². The second-order valence-electron chi connectivity index (χ2n) is 8.15. The highest BCUT2D eigenvalue weighted by Crippen LogP contribution is 2.24. The minimum absolute atomic E-state index is 0.154. The van der Waals surface area contributed by atoms with Gasteiger partial charge < -0.3 is 19.6 Å². The van der Waals surface area contributed by atoms with Gasteiger partial charge in [0.1, 0.15) is 5.60 Å². The molecule has 0 aromatic carbocycles. The van der Waals surface area contributed by atoms with Gasteiger partial charge in [0.05, 0.1) is 5.92 Å². The number of carbonyl (C=O) groups excluding carboxylic acids is 1. The standard InChI is InChI=1S/C18H32N2O4/c1-18(2,3)24-17(23)20-12-5-14(6-13-20)4-9-19-10-7-15(8-11-19)16(21)22/h14-15H,4-13H2,1-3H3,(H,21,22). The van der Waals surface area contributed by atoms with Crippen LogP contribution in [0.2, 0.25) is 0 Å². The molecule has 0 bridgehead atoms. The molecule has 2 heterocycles. The fourth-order valence-corrected chi connectivity index (χ4v) is 3.50. The lowest BCUT2D eigenvalue weighted by molar-refractivity contribution is -0.143. The van der Waals surface area contributed by atoms with Crippen LogP contribution in [0.4, 0.5) is 4.79 Å². The second kappa shape index (κ2) is 8.19. The minimum atomic E-state index is -0.649. The third-order valence-corrected chi connectivity index (χ3v) is 5.06. The van der Waals surface area contributed by atoms with Gasteiger partial charge in [-0.25, -0.2) is 4.79 Å². The van der Waals surface area contributed by atoms with Crippen LogP contribution in [-0.4, -0.2) is 65.3 Å². The zero-order valence-corrected chi connectivity index (χ0v) is 15.3. The van der Waals surface area contributed by atoms with Crippen LogP contribution in [0.3, 0.4) is 0 Å². The molecule has 138 valence electrons. The third-order valence-electron chi connectivity index (χ3n) is 5.06. The number of carbonyl (C=O) groups is 2. The molecule has 1 N–H and O–H groups in total. The Labute approximate surface area is 145 Å². The number of carboxylic acid groups (broad SMARTS) is 1. The summed E-state index contributed by atoms with van der Waals surface area (Å²) < 4.78 is 5.43. The van der Waals surface area contributed by atoms with Gasteiger partial charge in [-0.15, -0.1) is 0 Å². The topological polar surface area (TPSA) is 70.1 Å². The van der Waals surface area contributed by atoms with E-state index in [4.69, 9.17) is 9.84 Å². The lowest BCUT2D eigenvalue weighted by atomic mass is 9.92. The summed E-state index contributed by atoms with van der Waals surface area (Å²) in [5.41, 5.74) is -0.435. The number of carboxylic acids is 1. The quantitative estimate of drug-likeness (QED) is 0.852. The Morgan fingerprint density at radius 1 is 1.04 bits per heavy atom. The summed E-state index contributed by atoms with van der Waals surface area (Å²) in [5.74, 6) is -0.150. The summed E-state index contributed by atoms with van der Waals surface area (Å²) in [7, 11) is 0. The van der Waals surface area contributed by atoms with Gasteiger partial charge >= 0.3 is 12.1 Å². The normalized spacial score (nSPS) is 21.7.